The third kappa shape index (κ3) is 41.4. The summed E-state index contributed by atoms with van der Waals surface area (Å²) in [6.45, 7) is 3.68. The van der Waals surface area contributed by atoms with Gasteiger partial charge in [-0.15, -0.1) is 0 Å². The van der Waals surface area contributed by atoms with E-state index in [0.717, 1.165) is 96.3 Å². The van der Waals surface area contributed by atoms with Crippen molar-refractivity contribution in [1.82, 2.24) is 0 Å². The predicted molar refractivity (Wildman–Crippen MR) is 235 cm³/mol. The minimum absolute atomic E-state index is 0.00715. The van der Waals surface area contributed by atoms with Crippen LogP contribution in [0, 0.1) is 0 Å². The lowest BCUT2D eigenvalue weighted by atomic mass is 10.1. The molecule has 57 heavy (non-hydrogen) atoms. The van der Waals surface area contributed by atoms with E-state index in [1.165, 1.54) is 44.9 Å². The standard InChI is InChI=1S/C46H80NO9P/c1-3-5-7-9-11-13-15-17-19-20-21-22-23-25-27-29-31-33-35-37-39-53-40-43(41-54-57(51,52)55-42-44(47)46(49)50)56-45(48)38-36-34-32-30-28-26-24-18-16-14-12-10-8-6-4-2/h5,7,11,13,17-19,21-22,24-25,27,43-44H,3-4,6,8-10,12,14-16,20,23,26,28-42,47H2,1-2H3,(H,49,50)(H,51,52)/b7-5-,13-11-,19-17-,22-21-,24-18-,27-25-. The van der Waals surface area contributed by atoms with Gasteiger partial charge in [0.1, 0.15) is 12.1 Å². The molecule has 0 fully saturated rings. The number of nitrogens with two attached hydrogens (primary N) is 1. The zero-order chi connectivity index (χ0) is 41.9. The van der Waals surface area contributed by atoms with Crippen LogP contribution < -0.4 is 5.73 Å². The van der Waals surface area contributed by atoms with Crippen molar-refractivity contribution in [3.05, 3.63) is 72.9 Å². The van der Waals surface area contributed by atoms with Crippen LogP contribution in [0.3, 0.4) is 0 Å². The zero-order valence-corrected chi connectivity index (χ0v) is 36.6. The summed E-state index contributed by atoms with van der Waals surface area (Å²) in [5.74, 6) is -1.80. The maximum atomic E-state index is 12.6. The number of rotatable bonds is 41. The van der Waals surface area contributed by atoms with E-state index in [1.807, 2.05) is 0 Å². The van der Waals surface area contributed by atoms with Crippen molar-refractivity contribution in [3.63, 3.8) is 0 Å². The van der Waals surface area contributed by atoms with E-state index in [0.29, 0.717) is 13.0 Å². The summed E-state index contributed by atoms with van der Waals surface area (Å²) in [6.07, 6.45) is 50.9. The molecule has 0 spiro atoms. The van der Waals surface area contributed by atoms with Crippen LogP contribution in [0.15, 0.2) is 72.9 Å². The number of unbranched alkanes of at least 4 members (excludes halogenated alkanes) is 15. The predicted octanol–water partition coefficient (Wildman–Crippen LogP) is 12.2. The van der Waals surface area contributed by atoms with E-state index in [9.17, 15) is 19.0 Å². The lowest BCUT2D eigenvalue weighted by molar-refractivity contribution is -0.154. The van der Waals surface area contributed by atoms with Gasteiger partial charge in [0.2, 0.25) is 0 Å². The summed E-state index contributed by atoms with van der Waals surface area (Å²) >= 11 is 0. The summed E-state index contributed by atoms with van der Waals surface area (Å²) < 4.78 is 33.3. The summed E-state index contributed by atoms with van der Waals surface area (Å²) in [5, 5.41) is 8.90. The van der Waals surface area contributed by atoms with E-state index in [2.05, 4.69) is 86.8 Å². The number of carboxylic acids is 1. The summed E-state index contributed by atoms with van der Waals surface area (Å²) in [5.41, 5.74) is 5.35. The normalized spacial score (nSPS) is 14.6. The molecule has 3 atom stereocenters. The number of carboxylic acid groups (broad SMARTS) is 1. The van der Waals surface area contributed by atoms with Crippen LogP contribution in [0.25, 0.3) is 0 Å². The second-order valence-electron chi connectivity index (χ2n) is 14.4. The fourth-order valence-corrected chi connectivity index (χ4v) is 6.34. The van der Waals surface area contributed by atoms with Crippen molar-refractivity contribution >= 4 is 19.8 Å². The van der Waals surface area contributed by atoms with E-state index in [4.69, 9.17) is 29.4 Å². The van der Waals surface area contributed by atoms with Crippen LogP contribution in [0.5, 0.6) is 0 Å². The summed E-state index contributed by atoms with van der Waals surface area (Å²) in [7, 11) is -4.63. The van der Waals surface area contributed by atoms with Crippen LogP contribution in [0.2, 0.25) is 0 Å². The van der Waals surface area contributed by atoms with Crippen molar-refractivity contribution in [2.45, 2.75) is 180 Å². The molecule has 0 aliphatic carbocycles. The Balaban J connectivity index is 4.31. The number of phosphoric acid groups is 1. The van der Waals surface area contributed by atoms with Crippen molar-refractivity contribution < 1.29 is 42.7 Å². The summed E-state index contributed by atoms with van der Waals surface area (Å²) in [6, 6.07) is -1.48. The Morgan fingerprint density at radius 1 is 0.579 bits per heavy atom. The second-order valence-corrected chi connectivity index (χ2v) is 15.9. The van der Waals surface area contributed by atoms with Gasteiger partial charge in [0.05, 0.1) is 19.8 Å². The highest BCUT2D eigenvalue weighted by Crippen LogP contribution is 2.43. The number of carbonyl (C=O) groups is 2. The zero-order valence-electron chi connectivity index (χ0n) is 35.7. The van der Waals surface area contributed by atoms with Gasteiger partial charge in [0.15, 0.2) is 0 Å². The average molecular weight is 822 g/mol. The Bertz CT molecular complexity index is 1180. The molecule has 0 radical (unpaired) electrons. The minimum atomic E-state index is -4.63. The number of aliphatic carboxylic acids is 1. The first-order valence-electron chi connectivity index (χ1n) is 22.0. The molecular weight excluding hydrogens is 741 g/mol. The molecule has 10 nitrogen and oxygen atoms in total. The largest absolute Gasteiger partial charge is 0.480 e. The Morgan fingerprint density at radius 3 is 1.54 bits per heavy atom. The van der Waals surface area contributed by atoms with E-state index in [-0.39, 0.29) is 13.0 Å². The molecule has 0 rings (SSSR count). The third-order valence-corrected chi connectivity index (χ3v) is 9.92. The molecule has 0 saturated carbocycles. The first kappa shape index (κ1) is 54.4. The third-order valence-electron chi connectivity index (χ3n) is 8.97. The topological polar surface area (TPSA) is 155 Å². The van der Waals surface area contributed by atoms with Crippen LogP contribution in [0.4, 0.5) is 0 Å². The van der Waals surface area contributed by atoms with Crippen molar-refractivity contribution in [3.8, 4) is 0 Å². The molecule has 0 aliphatic heterocycles. The molecule has 0 bridgehead atoms. The van der Waals surface area contributed by atoms with Crippen LogP contribution in [-0.2, 0) is 32.7 Å². The lowest BCUT2D eigenvalue weighted by Crippen LogP contribution is -2.34. The molecular formula is C46H80NO9P. The molecule has 0 aromatic heterocycles. The Morgan fingerprint density at radius 2 is 1.02 bits per heavy atom. The van der Waals surface area contributed by atoms with Gasteiger partial charge in [-0.2, -0.15) is 0 Å². The molecule has 0 heterocycles. The Hall–Kier alpha value is -2.59. The highest BCUT2D eigenvalue weighted by Gasteiger charge is 2.27. The number of ether oxygens (including phenoxy) is 2. The van der Waals surface area contributed by atoms with Gasteiger partial charge in [-0.3, -0.25) is 18.6 Å². The van der Waals surface area contributed by atoms with Gasteiger partial charge in [-0.25, -0.2) is 4.57 Å². The van der Waals surface area contributed by atoms with Gasteiger partial charge in [-0.1, -0.05) is 151 Å². The average Bonchev–Trinajstić information content (AvgIpc) is 3.19. The van der Waals surface area contributed by atoms with Crippen LogP contribution in [0.1, 0.15) is 168 Å². The van der Waals surface area contributed by atoms with Crippen molar-refractivity contribution in [1.29, 1.82) is 0 Å². The van der Waals surface area contributed by atoms with Gasteiger partial charge in [-0.05, 0) is 83.5 Å². The minimum Gasteiger partial charge on any atom is -0.480 e. The smallest absolute Gasteiger partial charge is 0.472 e. The number of allylic oxidation sites excluding steroid dienone is 12. The highest BCUT2D eigenvalue weighted by atomic mass is 31.2. The monoisotopic (exact) mass is 822 g/mol. The maximum absolute atomic E-state index is 12.6. The molecule has 0 aliphatic rings. The molecule has 0 amide bonds. The maximum Gasteiger partial charge on any atom is 0.472 e. The quantitative estimate of drug-likeness (QED) is 0.0235. The van der Waals surface area contributed by atoms with Crippen molar-refractivity contribution in [2.24, 2.45) is 5.73 Å². The van der Waals surface area contributed by atoms with E-state index >= 15 is 0 Å². The van der Waals surface area contributed by atoms with Crippen LogP contribution in [-0.4, -0.2) is 60.5 Å². The Kier molecular flexibility index (Phi) is 39.7. The molecule has 0 aromatic rings. The number of hydrogen-bond acceptors (Lipinski definition) is 8. The number of esters is 1. The van der Waals surface area contributed by atoms with Crippen molar-refractivity contribution in [2.75, 3.05) is 26.4 Å². The van der Waals surface area contributed by atoms with E-state index < -0.39 is 45.1 Å². The highest BCUT2D eigenvalue weighted by molar-refractivity contribution is 7.47. The molecule has 0 aromatic carbocycles. The number of carbonyl (C=O) groups excluding carboxylic acids is 1. The Labute approximate surface area is 346 Å². The second kappa shape index (κ2) is 41.6. The number of phosphoric ester groups is 1. The van der Waals surface area contributed by atoms with Gasteiger partial charge >= 0.3 is 19.8 Å². The molecule has 0 saturated heterocycles. The first-order chi connectivity index (χ1) is 27.7. The van der Waals surface area contributed by atoms with E-state index in [1.54, 1.807) is 0 Å². The lowest BCUT2D eigenvalue weighted by Gasteiger charge is -2.20. The molecule has 11 heteroatoms. The van der Waals surface area contributed by atoms with Gasteiger partial charge in [0.25, 0.3) is 0 Å². The summed E-state index contributed by atoms with van der Waals surface area (Å²) in [4.78, 5) is 33.5. The molecule has 3 unspecified atom stereocenters. The fourth-order valence-electron chi connectivity index (χ4n) is 5.56. The SMILES string of the molecule is CC/C=C\C/C=C\C/C=C\C/C=C\C/C=C\CCCCCCOCC(COP(=O)(O)OCC(N)C(=O)O)OC(=O)CCCCCCC/C=C\CCCCCCCC. The fraction of sp³-hybridized carbons (Fsp3) is 0.696. The first-order valence-corrected chi connectivity index (χ1v) is 23.5. The van der Waals surface area contributed by atoms with Gasteiger partial charge < -0.3 is 25.2 Å². The molecule has 328 valence electrons. The molecule has 4 N–H and O–H groups in total. The van der Waals surface area contributed by atoms with Gasteiger partial charge in [0, 0.05) is 13.0 Å². The number of hydrogen-bond donors (Lipinski definition) is 3. The van der Waals surface area contributed by atoms with Crippen LogP contribution >= 0.6 is 7.82 Å².